The number of methoxy groups -OCH3 is 1. The molecule has 2 aromatic carbocycles. The van der Waals surface area contributed by atoms with Gasteiger partial charge in [0.1, 0.15) is 11.5 Å². The minimum absolute atomic E-state index is 0.0801. The standard InChI is InChI=1S/C16H16BrNO3/c1-3-10-8-11(17)4-6-14(10)18-16(20)13-9-12(21-2)5-7-15(13)19/h4-9,19H,3H2,1-2H3,(H,18,20). The Balaban J connectivity index is 2.30. The fourth-order valence-electron chi connectivity index (χ4n) is 1.99. The highest BCUT2D eigenvalue weighted by molar-refractivity contribution is 9.10. The van der Waals surface area contributed by atoms with Crippen LogP contribution in [0.1, 0.15) is 22.8 Å². The van der Waals surface area contributed by atoms with Gasteiger partial charge in [-0.15, -0.1) is 0 Å². The van der Waals surface area contributed by atoms with Gasteiger partial charge in [-0.1, -0.05) is 22.9 Å². The Morgan fingerprint density at radius 1 is 1.29 bits per heavy atom. The molecule has 2 aromatic rings. The minimum atomic E-state index is -0.372. The van der Waals surface area contributed by atoms with Crippen molar-refractivity contribution in [1.29, 1.82) is 0 Å². The van der Waals surface area contributed by atoms with Crippen molar-refractivity contribution < 1.29 is 14.6 Å². The van der Waals surface area contributed by atoms with E-state index in [2.05, 4.69) is 21.2 Å². The van der Waals surface area contributed by atoms with Crippen molar-refractivity contribution >= 4 is 27.5 Å². The van der Waals surface area contributed by atoms with Crippen molar-refractivity contribution in [3.63, 3.8) is 0 Å². The van der Waals surface area contributed by atoms with Crippen molar-refractivity contribution in [3.8, 4) is 11.5 Å². The summed E-state index contributed by atoms with van der Waals surface area (Å²) >= 11 is 3.41. The van der Waals surface area contributed by atoms with Gasteiger partial charge in [-0.25, -0.2) is 0 Å². The SMILES string of the molecule is CCc1cc(Br)ccc1NC(=O)c1cc(OC)ccc1O. The van der Waals surface area contributed by atoms with E-state index in [0.29, 0.717) is 5.75 Å². The van der Waals surface area contributed by atoms with E-state index < -0.39 is 0 Å². The van der Waals surface area contributed by atoms with Crippen LogP contribution in [0, 0.1) is 0 Å². The first-order chi connectivity index (χ1) is 10.0. The van der Waals surface area contributed by atoms with Gasteiger partial charge in [0, 0.05) is 10.2 Å². The highest BCUT2D eigenvalue weighted by Crippen LogP contribution is 2.26. The average molecular weight is 350 g/mol. The molecule has 0 radical (unpaired) electrons. The van der Waals surface area contributed by atoms with E-state index in [9.17, 15) is 9.90 Å². The molecule has 110 valence electrons. The van der Waals surface area contributed by atoms with Crippen LogP contribution in [0.3, 0.4) is 0 Å². The number of amides is 1. The number of aromatic hydroxyl groups is 1. The molecule has 0 aliphatic carbocycles. The van der Waals surface area contributed by atoms with Gasteiger partial charge < -0.3 is 15.2 Å². The number of hydrogen-bond donors (Lipinski definition) is 2. The first kappa shape index (κ1) is 15.4. The molecule has 0 fully saturated rings. The quantitative estimate of drug-likeness (QED) is 0.877. The molecule has 5 heteroatoms. The van der Waals surface area contributed by atoms with Crippen molar-refractivity contribution in [3.05, 3.63) is 52.0 Å². The molecule has 4 nitrogen and oxygen atoms in total. The van der Waals surface area contributed by atoms with Gasteiger partial charge in [-0.2, -0.15) is 0 Å². The number of ether oxygens (including phenoxy) is 1. The lowest BCUT2D eigenvalue weighted by Crippen LogP contribution is -2.13. The molecule has 21 heavy (non-hydrogen) atoms. The second-order valence-electron chi connectivity index (χ2n) is 4.49. The summed E-state index contributed by atoms with van der Waals surface area (Å²) in [4.78, 5) is 12.3. The number of halogens is 1. The molecule has 2 N–H and O–H groups in total. The van der Waals surface area contributed by atoms with Crippen LogP contribution in [-0.2, 0) is 6.42 Å². The molecule has 0 aromatic heterocycles. The van der Waals surface area contributed by atoms with Gasteiger partial charge in [-0.05, 0) is 48.4 Å². The van der Waals surface area contributed by atoms with Crippen LogP contribution >= 0.6 is 15.9 Å². The smallest absolute Gasteiger partial charge is 0.259 e. The lowest BCUT2D eigenvalue weighted by atomic mass is 10.1. The molecule has 0 aliphatic heterocycles. The Bertz CT molecular complexity index is 671. The summed E-state index contributed by atoms with van der Waals surface area (Å²) in [6.07, 6.45) is 0.791. The number of anilines is 1. The Hall–Kier alpha value is -2.01. The first-order valence-corrected chi connectivity index (χ1v) is 7.31. The molecular formula is C16H16BrNO3. The monoisotopic (exact) mass is 349 g/mol. The fraction of sp³-hybridized carbons (Fsp3) is 0.188. The average Bonchev–Trinajstić information content (AvgIpc) is 2.49. The minimum Gasteiger partial charge on any atom is -0.507 e. The Labute approximate surface area is 131 Å². The largest absolute Gasteiger partial charge is 0.507 e. The zero-order valence-corrected chi connectivity index (χ0v) is 13.4. The van der Waals surface area contributed by atoms with Gasteiger partial charge in [-0.3, -0.25) is 4.79 Å². The predicted octanol–water partition coefficient (Wildman–Crippen LogP) is 3.98. The number of benzene rings is 2. The lowest BCUT2D eigenvalue weighted by Gasteiger charge is -2.12. The maximum atomic E-state index is 12.3. The van der Waals surface area contributed by atoms with Crippen molar-refractivity contribution in [2.75, 3.05) is 12.4 Å². The summed E-state index contributed by atoms with van der Waals surface area (Å²) in [7, 11) is 1.51. The van der Waals surface area contributed by atoms with Crippen molar-refractivity contribution in [2.24, 2.45) is 0 Å². The maximum Gasteiger partial charge on any atom is 0.259 e. The van der Waals surface area contributed by atoms with E-state index in [1.165, 1.54) is 19.2 Å². The second-order valence-corrected chi connectivity index (χ2v) is 5.41. The molecule has 0 heterocycles. The van der Waals surface area contributed by atoms with Crippen LogP contribution in [0.5, 0.6) is 11.5 Å². The van der Waals surface area contributed by atoms with Gasteiger partial charge in [0.15, 0.2) is 0 Å². The molecule has 0 unspecified atom stereocenters. The summed E-state index contributed by atoms with van der Waals surface area (Å²) in [5.41, 5.74) is 1.92. The van der Waals surface area contributed by atoms with Crippen LogP contribution in [0.25, 0.3) is 0 Å². The number of hydrogen-bond acceptors (Lipinski definition) is 3. The zero-order chi connectivity index (χ0) is 15.4. The highest BCUT2D eigenvalue weighted by atomic mass is 79.9. The number of carbonyl (C=O) groups excluding carboxylic acids is 1. The van der Waals surface area contributed by atoms with E-state index in [4.69, 9.17) is 4.74 Å². The van der Waals surface area contributed by atoms with E-state index in [-0.39, 0.29) is 17.2 Å². The number of carbonyl (C=O) groups is 1. The molecule has 0 saturated heterocycles. The number of aryl methyl sites for hydroxylation is 1. The predicted molar refractivity (Wildman–Crippen MR) is 86.1 cm³/mol. The van der Waals surface area contributed by atoms with Gasteiger partial charge in [0.2, 0.25) is 0 Å². The van der Waals surface area contributed by atoms with Gasteiger partial charge in [0.25, 0.3) is 5.91 Å². The topological polar surface area (TPSA) is 58.6 Å². The van der Waals surface area contributed by atoms with Crippen LogP contribution < -0.4 is 10.1 Å². The van der Waals surface area contributed by atoms with Crippen molar-refractivity contribution in [2.45, 2.75) is 13.3 Å². The van der Waals surface area contributed by atoms with Crippen molar-refractivity contribution in [1.82, 2.24) is 0 Å². The van der Waals surface area contributed by atoms with Gasteiger partial charge >= 0.3 is 0 Å². The number of nitrogens with one attached hydrogen (secondary N) is 1. The summed E-state index contributed by atoms with van der Waals surface area (Å²) in [5.74, 6) is 0.0661. The molecule has 2 rings (SSSR count). The molecule has 0 saturated carbocycles. The van der Waals surface area contributed by atoms with Crippen LogP contribution in [0.4, 0.5) is 5.69 Å². The number of phenolic OH excluding ortho intramolecular Hbond substituents is 1. The molecule has 0 aliphatic rings. The summed E-state index contributed by atoms with van der Waals surface area (Å²) in [6.45, 7) is 2.01. The lowest BCUT2D eigenvalue weighted by molar-refractivity contribution is 0.102. The highest BCUT2D eigenvalue weighted by Gasteiger charge is 2.14. The van der Waals surface area contributed by atoms with Crippen LogP contribution in [0.15, 0.2) is 40.9 Å². The molecular weight excluding hydrogens is 334 g/mol. The Morgan fingerprint density at radius 3 is 2.71 bits per heavy atom. The van der Waals surface area contributed by atoms with Crippen LogP contribution in [0.2, 0.25) is 0 Å². The third-order valence-electron chi connectivity index (χ3n) is 3.14. The summed E-state index contributed by atoms with van der Waals surface area (Å²) in [6, 6.07) is 10.2. The normalized spacial score (nSPS) is 10.2. The zero-order valence-electron chi connectivity index (χ0n) is 11.8. The van der Waals surface area contributed by atoms with E-state index in [0.717, 1.165) is 22.1 Å². The first-order valence-electron chi connectivity index (χ1n) is 6.52. The second kappa shape index (κ2) is 6.63. The van der Waals surface area contributed by atoms with E-state index >= 15 is 0 Å². The number of rotatable bonds is 4. The van der Waals surface area contributed by atoms with E-state index in [1.807, 2.05) is 25.1 Å². The van der Waals surface area contributed by atoms with Gasteiger partial charge in [0.05, 0.1) is 12.7 Å². The summed E-state index contributed by atoms with van der Waals surface area (Å²) in [5, 5.41) is 12.6. The Kier molecular flexibility index (Phi) is 4.85. The molecule has 0 spiro atoms. The van der Waals surface area contributed by atoms with E-state index in [1.54, 1.807) is 6.07 Å². The number of phenols is 1. The maximum absolute atomic E-state index is 12.3. The summed E-state index contributed by atoms with van der Waals surface area (Å²) < 4.78 is 6.03. The molecule has 1 amide bonds. The molecule has 0 atom stereocenters. The Morgan fingerprint density at radius 2 is 2.05 bits per heavy atom. The third-order valence-corrected chi connectivity index (χ3v) is 3.64. The molecule has 0 bridgehead atoms. The third kappa shape index (κ3) is 3.55. The fourth-order valence-corrected chi connectivity index (χ4v) is 2.40. The van der Waals surface area contributed by atoms with Crippen LogP contribution in [-0.4, -0.2) is 18.1 Å².